The molecule has 0 aliphatic carbocycles. The van der Waals surface area contributed by atoms with Crippen LogP contribution in [0.3, 0.4) is 0 Å². The van der Waals surface area contributed by atoms with Crippen LogP contribution in [0.1, 0.15) is 11.1 Å². The average molecular weight is 383 g/mol. The van der Waals surface area contributed by atoms with Gasteiger partial charge in [-0.15, -0.1) is 10.2 Å². The van der Waals surface area contributed by atoms with Crippen LogP contribution in [0.15, 0.2) is 65.6 Å². The molecular weight excluding hydrogens is 362 g/mol. The Bertz CT molecular complexity index is 984. The molecule has 140 valence electrons. The quantitative estimate of drug-likeness (QED) is 0.634. The molecule has 1 N–H and O–H groups in total. The lowest BCUT2D eigenvalue weighted by molar-refractivity contribution is 0.307. The van der Waals surface area contributed by atoms with Crippen molar-refractivity contribution in [2.24, 2.45) is 0 Å². The minimum atomic E-state index is -3.54. The number of aromatic nitrogens is 2. The number of sulfonamides is 1. The Morgan fingerprint density at radius 3 is 2.07 bits per heavy atom. The maximum atomic E-state index is 12.2. The van der Waals surface area contributed by atoms with Gasteiger partial charge in [-0.1, -0.05) is 47.5 Å². The molecular formula is C20H21N3O3S. The molecule has 2 aromatic carbocycles. The Morgan fingerprint density at radius 1 is 0.852 bits per heavy atom. The first-order chi connectivity index (χ1) is 12.9. The molecule has 0 saturated carbocycles. The fraction of sp³-hybridized carbons (Fsp3) is 0.200. The van der Waals surface area contributed by atoms with Crippen LogP contribution in [0.25, 0.3) is 11.3 Å². The summed E-state index contributed by atoms with van der Waals surface area (Å²) < 4.78 is 32.3. The molecule has 0 radical (unpaired) electrons. The molecule has 1 aromatic heterocycles. The van der Waals surface area contributed by atoms with Gasteiger partial charge in [-0.3, -0.25) is 0 Å². The van der Waals surface area contributed by atoms with Crippen molar-refractivity contribution in [1.82, 2.24) is 14.9 Å². The predicted octanol–water partition coefficient (Wildman–Crippen LogP) is 3.12. The van der Waals surface area contributed by atoms with Crippen molar-refractivity contribution in [3.63, 3.8) is 0 Å². The van der Waals surface area contributed by atoms with Gasteiger partial charge in [0.25, 0.3) is 0 Å². The molecule has 0 saturated heterocycles. The summed E-state index contributed by atoms with van der Waals surface area (Å²) in [6, 6.07) is 18.2. The fourth-order valence-corrected chi connectivity index (χ4v) is 3.42. The third-order valence-corrected chi connectivity index (χ3v) is 5.44. The zero-order chi connectivity index (χ0) is 19.3. The summed E-state index contributed by atoms with van der Waals surface area (Å²) in [6.07, 6.45) is 0. The maximum absolute atomic E-state index is 12.2. The van der Waals surface area contributed by atoms with E-state index in [0.29, 0.717) is 5.88 Å². The van der Waals surface area contributed by atoms with E-state index in [0.717, 1.165) is 16.8 Å². The van der Waals surface area contributed by atoms with Crippen molar-refractivity contribution >= 4 is 10.0 Å². The number of hydrogen-bond donors (Lipinski definition) is 1. The number of benzene rings is 2. The average Bonchev–Trinajstić information content (AvgIpc) is 2.67. The van der Waals surface area contributed by atoms with Crippen molar-refractivity contribution in [1.29, 1.82) is 0 Å². The molecule has 0 unspecified atom stereocenters. The molecule has 1 heterocycles. The van der Waals surface area contributed by atoms with Crippen LogP contribution in [-0.2, 0) is 10.0 Å². The molecule has 7 heteroatoms. The van der Waals surface area contributed by atoms with E-state index in [1.165, 1.54) is 5.56 Å². The lowest BCUT2D eigenvalue weighted by Gasteiger charge is -2.08. The highest BCUT2D eigenvalue weighted by atomic mass is 32.2. The van der Waals surface area contributed by atoms with Gasteiger partial charge < -0.3 is 4.74 Å². The van der Waals surface area contributed by atoms with E-state index in [4.69, 9.17) is 4.74 Å². The molecule has 27 heavy (non-hydrogen) atoms. The molecule has 0 aliphatic rings. The Balaban J connectivity index is 1.52. The van der Waals surface area contributed by atoms with Crippen LogP contribution < -0.4 is 9.46 Å². The van der Waals surface area contributed by atoms with Gasteiger partial charge in [0, 0.05) is 18.2 Å². The first-order valence-corrected chi connectivity index (χ1v) is 10.0. The standard InChI is InChI=1S/C20H21N3O3S/c1-15-3-7-17(8-4-15)19-11-12-20(23-22-19)26-14-13-21-27(24,25)18-9-5-16(2)6-10-18/h3-12,21H,13-14H2,1-2H3. The van der Waals surface area contributed by atoms with Crippen molar-refractivity contribution < 1.29 is 13.2 Å². The van der Waals surface area contributed by atoms with E-state index in [2.05, 4.69) is 14.9 Å². The van der Waals surface area contributed by atoms with Crippen molar-refractivity contribution in [3.8, 4) is 17.1 Å². The highest BCUT2D eigenvalue weighted by Gasteiger charge is 2.12. The SMILES string of the molecule is Cc1ccc(-c2ccc(OCCNS(=O)(=O)c3ccc(C)cc3)nn2)cc1. The lowest BCUT2D eigenvalue weighted by atomic mass is 10.1. The zero-order valence-electron chi connectivity index (χ0n) is 15.2. The Labute approximate surface area is 159 Å². The van der Waals surface area contributed by atoms with Gasteiger partial charge in [-0.2, -0.15) is 0 Å². The van der Waals surface area contributed by atoms with Gasteiger partial charge in [-0.05, 0) is 32.0 Å². The normalized spacial score (nSPS) is 11.3. The first-order valence-electron chi connectivity index (χ1n) is 8.54. The predicted molar refractivity (Wildman–Crippen MR) is 104 cm³/mol. The summed E-state index contributed by atoms with van der Waals surface area (Å²) in [4.78, 5) is 0.232. The van der Waals surface area contributed by atoms with E-state index < -0.39 is 10.0 Å². The van der Waals surface area contributed by atoms with E-state index in [1.54, 1.807) is 30.3 Å². The summed E-state index contributed by atoms with van der Waals surface area (Å²) in [7, 11) is -3.54. The molecule has 0 bridgehead atoms. The van der Waals surface area contributed by atoms with E-state index in [9.17, 15) is 8.42 Å². The largest absolute Gasteiger partial charge is 0.475 e. The monoisotopic (exact) mass is 383 g/mol. The van der Waals surface area contributed by atoms with Gasteiger partial charge in [-0.25, -0.2) is 13.1 Å². The number of rotatable bonds is 7. The van der Waals surface area contributed by atoms with E-state index in [-0.39, 0.29) is 18.0 Å². The molecule has 0 amide bonds. The van der Waals surface area contributed by atoms with Gasteiger partial charge in [0.2, 0.25) is 15.9 Å². The number of nitrogens with one attached hydrogen (secondary N) is 1. The zero-order valence-corrected chi connectivity index (χ0v) is 16.0. The van der Waals surface area contributed by atoms with Crippen LogP contribution in [0, 0.1) is 13.8 Å². The van der Waals surface area contributed by atoms with Crippen LogP contribution in [-0.4, -0.2) is 31.8 Å². The molecule has 6 nitrogen and oxygen atoms in total. The summed E-state index contributed by atoms with van der Waals surface area (Å²) in [5.41, 5.74) is 3.91. The second kappa shape index (κ2) is 8.28. The van der Waals surface area contributed by atoms with Crippen molar-refractivity contribution in [2.75, 3.05) is 13.2 Å². The third-order valence-electron chi connectivity index (χ3n) is 3.96. The minimum Gasteiger partial charge on any atom is -0.475 e. The molecule has 0 fully saturated rings. The van der Waals surface area contributed by atoms with Crippen molar-refractivity contribution in [2.45, 2.75) is 18.7 Å². The number of ether oxygens (including phenoxy) is 1. The minimum absolute atomic E-state index is 0.137. The van der Waals surface area contributed by atoms with Gasteiger partial charge in [0.15, 0.2) is 0 Å². The summed E-state index contributed by atoms with van der Waals surface area (Å²) in [5, 5.41) is 8.18. The smallest absolute Gasteiger partial charge is 0.240 e. The second-order valence-electron chi connectivity index (χ2n) is 6.18. The lowest BCUT2D eigenvalue weighted by Crippen LogP contribution is -2.28. The summed E-state index contributed by atoms with van der Waals surface area (Å²) in [5.74, 6) is 0.348. The molecule has 0 atom stereocenters. The number of nitrogens with zero attached hydrogens (tertiary/aromatic N) is 2. The van der Waals surface area contributed by atoms with Crippen LogP contribution in [0.2, 0.25) is 0 Å². The van der Waals surface area contributed by atoms with Crippen LogP contribution in [0.5, 0.6) is 5.88 Å². The summed E-state index contributed by atoms with van der Waals surface area (Å²) in [6.45, 7) is 4.23. The Morgan fingerprint density at radius 2 is 1.48 bits per heavy atom. The Hall–Kier alpha value is -2.77. The molecule has 3 aromatic rings. The summed E-state index contributed by atoms with van der Waals surface area (Å²) >= 11 is 0. The van der Waals surface area contributed by atoms with E-state index in [1.807, 2.05) is 44.2 Å². The third kappa shape index (κ3) is 5.12. The highest BCUT2D eigenvalue weighted by molar-refractivity contribution is 7.89. The Kier molecular flexibility index (Phi) is 5.83. The van der Waals surface area contributed by atoms with Crippen LogP contribution >= 0.6 is 0 Å². The molecule has 0 aliphatic heterocycles. The van der Waals surface area contributed by atoms with Gasteiger partial charge >= 0.3 is 0 Å². The molecule has 3 rings (SSSR count). The topological polar surface area (TPSA) is 81.2 Å². The highest BCUT2D eigenvalue weighted by Crippen LogP contribution is 2.18. The van der Waals surface area contributed by atoms with Gasteiger partial charge in [0.1, 0.15) is 6.61 Å². The second-order valence-corrected chi connectivity index (χ2v) is 7.95. The van der Waals surface area contributed by atoms with Crippen LogP contribution in [0.4, 0.5) is 0 Å². The fourth-order valence-electron chi connectivity index (χ4n) is 2.41. The number of aryl methyl sites for hydroxylation is 2. The number of hydrogen-bond acceptors (Lipinski definition) is 5. The first kappa shape index (κ1) is 19.0. The van der Waals surface area contributed by atoms with Crippen molar-refractivity contribution in [3.05, 3.63) is 71.8 Å². The maximum Gasteiger partial charge on any atom is 0.240 e. The van der Waals surface area contributed by atoms with E-state index >= 15 is 0 Å². The van der Waals surface area contributed by atoms with Gasteiger partial charge in [0.05, 0.1) is 10.6 Å². The molecule has 0 spiro atoms.